The first-order valence-corrected chi connectivity index (χ1v) is 6.70. The SMILES string of the molecule is CCOCCOC1CC(C)c2ccccc2C1O. The molecule has 1 aromatic carbocycles. The third kappa shape index (κ3) is 2.91. The molecule has 0 saturated heterocycles. The third-order valence-corrected chi connectivity index (χ3v) is 3.55. The van der Waals surface area contributed by atoms with Crippen molar-refractivity contribution in [3.05, 3.63) is 35.4 Å². The molecule has 2 rings (SSSR count). The maximum Gasteiger partial charge on any atom is 0.105 e. The van der Waals surface area contributed by atoms with Gasteiger partial charge in [0.2, 0.25) is 0 Å². The van der Waals surface area contributed by atoms with E-state index in [4.69, 9.17) is 9.47 Å². The molecule has 0 saturated carbocycles. The van der Waals surface area contributed by atoms with Crippen LogP contribution in [0.1, 0.15) is 43.4 Å². The minimum absolute atomic E-state index is 0.115. The van der Waals surface area contributed by atoms with Crippen molar-refractivity contribution in [2.24, 2.45) is 0 Å². The second-order valence-corrected chi connectivity index (χ2v) is 4.82. The topological polar surface area (TPSA) is 38.7 Å². The van der Waals surface area contributed by atoms with Crippen LogP contribution in [0.3, 0.4) is 0 Å². The van der Waals surface area contributed by atoms with Crippen molar-refractivity contribution in [2.45, 2.75) is 38.4 Å². The van der Waals surface area contributed by atoms with Gasteiger partial charge in [-0.15, -0.1) is 0 Å². The molecule has 1 aliphatic rings. The molecule has 18 heavy (non-hydrogen) atoms. The minimum atomic E-state index is -0.515. The molecule has 0 aliphatic heterocycles. The lowest BCUT2D eigenvalue weighted by Gasteiger charge is -2.33. The first kappa shape index (κ1) is 13.5. The maximum atomic E-state index is 10.3. The van der Waals surface area contributed by atoms with Crippen LogP contribution in [0.4, 0.5) is 0 Å². The average molecular weight is 250 g/mol. The second kappa shape index (κ2) is 6.32. The van der Waals surface area contributed by atoms with E-state index in [0.29, 0.717) is 25.7 Å². The molecule has 3 nitrogen and oxygen atoms in total. The molecule has 0 amide bonds. The Hall–Kier alpha value is -0.900. The van der Waals surface area contributed by atoms with Gasteiger partial charge in [-0.05, 0) is 30.4 Å². The van der Waals surface area contributed by atoms with E-state index >= 15 is 0 Å². The fraction of sp³-hybridized carbons (Fsp3) is 0.600. The molecule has 3 heteroatoms. The van der Waals surface area contributed by atoms with Gasteiger partial charge in [0, 0.05) is 6.61 Å². The summed E-state index contributed by atoms with van der Waals surface area (Å²) < 4.78 is 11.0. The average Bonchev–Trinajstić information content (AvgIpc) is 2.40. The van der Waals surface area contributed by atoms with Crippen LogP contribution < -0.4 is 0 Å². The van der Waals surface area contributed by atoms with Gasteiger partial charge in [0.05, 0.1) is 19.3 Å². The first-order valence-electron chi connectivity index (χ1n) is 6.70. The first-order chi connectivity index (χ1) is 8.74. The van der Waals surface area contributed by atoms with E-state index in [2.05, 4.69) is 13.0 Å². The molecule has 0 radical (unpaired) electrons. The van der Waals surface area contributed by atoms with Crippen LogP contribution in [0, 0.1) is 0 Å². The predicted molar refractivity (Wildman–Crippen MR) is 70.7 cm³/mol. The molecular formula is C15H22O3. The van der Waals surface area contributed by atoms with Crippen molar-refractivity contribution in [2.75, 3.05) is 19.8 Å². The molecular weight excluding hydrogens is 228 g/mol. The zero-order chi connectivity index (χ0) is 13.0. The summed E-state index contributed by atoms with van der Waals surface area (Å²) in [5.74, 6) is 0.432. The molecule has 0 bridgehead atoms. The van der Waals surface area contributed by atoms with Gasteiger partial charge < -0.3 is 14.6 Å². The van der Waals surface area contributed by atoms with Gasteiger partial charge in [-0.25, -0.2) is 0 Å². The zero-order valence-electron chi connectivity index (χ0n) is 11.1. The van der Waals surface area contributed by atoms with E-state index in [0.717, 1.165) is 12.0 Å². The van der Waals surface area contributed by atoms with Crippen molar-refractivity contribution >= 4 is 0 Å². The van der Waals surface area contributed by atoms with Gasteiger partial charge in [0.25, 0.3) is 0 Å². The van der Waals surface area contributed by atoms with Crippen LogP contribution in [0.25, 0.3) is 0 Å². The highest BCUT2D eigenvalue weighted by Gasteiger charge is 2.32. The van der Waals surface area contributed by atoms with Crippen molar-refractivity contribution < 1.29 is 14.6 Å². The van der Waals surface area contributed by atoms with E-state index in [1.165, 1.54) is 5.56 Å². The second-order valence-electron chi connectivity index (χ2n) is 4.82. The van der Waals surface area contributed by atoms with Gasteiger partial charge in [0.1, 0.15) is 6.10 Å². The van der Waals surface area contributed by atoms with Crippen molar-refractivity contribution in [3.63, 3.8) is 0 Å². The summed E-state index contributed by atoms with van der Waals surface area (Å²) >= 11 is 0. The molecule has 3 atom stereocenters. The van der Waals surface area contributed by atoms with E-state index < -0.39 is 6.10 Å². The summed E-state index contributed by atoms with van der Waals surface area (Å²) in [6.45, 7) is 5.99. The Bertz CT molecular complexity index is 378. The smallest absolute Gasteiger partial charge is 0.105 e. The molecule has 100 valence electrons. The molecule has 3 unspecified atom stereocenters. The fourth-order valence-electron chi connectivity index (χ4n) is 2.60. The summed E-state index contributed by atoms with van der Waals surface area (Å²) in [6, 6.07) is 8.09. The summed E-state index contributed by atoms with van der Waals surface area (Å²) in [5, 5.41) is 10.3. The van der Waals surface area contributed by atoms with Crippen LogP contribution in [-0.4, -0.2) is 31.0 Å². The number of ether oxygens (including phenoxy) is 2. The molecule has 0 heterocycles. The lowest BCUT2D eigenvalue weighted by atomic mass is 9.80. The minimum Gasteiger partial charge on any atom is -0.386 e. The quantitative estimate of drug-likeness (QED) is 0.816. The van der Waals surface area contributed by atoms with Crippen LogP contribution in [0.2, 0.25) is 0 Å². The predicted octanol–water partition coefficient (Wildman–Crippen LogP) is 2.65. The van der Waals surface area contributed by atoms with E-state index in [1.54, 1.807) is 0 Å². The van der Waals surface area contributed by atoms with Crippen molar-refractivity contribution in [1.29, 1.82) is 0 Å². The van der Waals surface area contributed by atoms with Crippen LogP contribution in [0.5, 0.6) is 0 Å². The van der Waals surface area contributed by atoms with Gasteiger partial charge in [0.15, 0.2) is 0 Å². The molecule has 1 aromatic rings. The Morgan fingerprint density at radius 1 is 1.22 bits per heavy atom. The molecule has 0 aromatic heterocycles. The number of fused-ring (bicyclic) bond motifs is 1. The zero-order valence-corrected chi connectivity index (χ0v) is 11.1. The largest absolute Gasteiger partial charge is 0.386 e. The normalized spacial score (nSPS) is 26.9. The lowest BCUT2D eigenvalue weighted by molar-refractivity contribution is -0.0677. The number of aliphatic hydroxyl groups is 1. The fourth-order valence-corrected chi connectivity index (χ4v) is 2.60. The molecule has 0 spiro atoms. The van der Waals surface area contributed by atoms with Gasteiger partial charge >= 0.3 is 0 Å². The number of aliphatic hydroxyl groups excluding tert-OH is 1. The standard InChI is InChI=1S/C15H22O3/c1-3-17-8-9-18-14-10-11(2)12-6-4-5-7-13(12)15(14)16/h4-7,11,14-16H,3,8-10H2,1-2H3. The van der Waals surface area contributed by atoms with Crippen LogP contribution in [-0.2, 0) is 9.47 Å². The lowest BCUT2D eigenvalue weighted by Crippen LogP contribution is -2.30. The molecule has 1 N–H and O–H groups in total. The Kier molecular flexibility index (Phi) is 4.75. The monoisotopic (exact) mass is 250 g/mol. The summed E-state index contributed by atoms with van der Waals surface area (Å²) in [7, 11) is 0. The van der Waals surface area contributed by atoms with Gasteiger partial charge in [-0.2, -0.15) is 0 Å². The number of hydrogen-bond acceptors (Lipinski definition) is 3. The van der Waals surface area contributed by atoms with Gasteiger partial charge in [-0.3, -0.25) is 0 Å². The highest BCUT2D eigenvalue weighted by Crippen LogP contribution is 2.38. The van der Waals surface area contributed by atoms with E-state index in [1.807, 2.05) is 25.1 Å². The Balaban J connectivity index is 1.99. The highest BCUT2D eigenvalue weighted by atomic mass is 16.5. The van der Waals surface area contributed by atoms with Crippen LogP contribution >= 0.6 is 0 Å². The molecule has 0 fully saturated rings. The van der Waals surface area contributed by atoms with E-state index in [-0.39, 0.29) is 6.10 Å². The third-order valence-electron chi connectivity index (χ3n) is 3.55. The van der Waals surface area contributed by atoms with E-state index in [9.17, 15) is 5.11 Å². The summed E-state index contributed by atoms with van der Waals surface area (Å²) in [6.07, 6.45) is 0.235. The Morgan fingerprint density at radius 2 is 1.94 bits per heavy atom. The van der Waals surface area contributed by atoms with Crippen molar-refractivity contribution in [1.82, 2.24) is 0 Å². The number of rotatable bonds is 5. The highest BCUT2D eigenvalue weighted by molar-refractivity contribution is 5.35. The Morgan fingerprint density at radius 3 is 2.67 bits per heavy atom. The van der Waals surface area contributed by atoms with Crippen LogP contribution in [0.15, 0.2) is 24.3 Å². The molecule has 1 aliphatic carbocycles. The maximum absolute atomic E-state index is 10.3. The van der Waals surface area contributed by atoms with Gasteiger partial charge in [-0.1, -0.05) is 31.2 Å². The van der Waals surface area contributed by atoms with Crippen molar-refractivity contribution in [3.8, 4) is 0 Å². The Labute approximate surface area is 109 Å². The number of benzene rings is 1. The summed E-state index contributed by atoms with van der Waals surface area (Å²) in [4.78, 5) is 0. The summed E-state index contributed by atoms with van der Waals surface area (Å²) in [5.41, 5.74) is 2.26. The number of hydrogen-bond donors (Lipinski definition) is 1.